The van der Waals surface area contributed by atoms with E-state index in [9.17, 15) is 0 Å². The third kappa shape index (κ3) is 3.39. The van der Waals surface area contributed by atoms with Gasteiger partial charge in [0.05, 0.1) is 10.7 Å². The van der Waals surface area contributed by atoms with Crippen LogP contribution in [-0.4, -0.2) is 15.0 Å². The first-order valence-corrected chi connectivity index (χ1v) is 6.43. The van der Waals surface area contributed by atoms with Crippen molar-refractivity contribution in [3.8, 4) is 0 Å². The second-order valence-corrected chi connectivity index (χ2v) is 5.04. The zero-order chi connectivity index (χ0) is 14.0. The average molecular weight is 293 g/mol. The Labute approximate surface area is 122 Å². The van der Waals surface area contributed by atoms with Gasteiger partial charge in [0.1, 0.15) is 10.7 Å². The fourth-order valence-corrected chi connectivity index (χ4v) is 1.88. The molecule has 4 nitrogen and oxygen atoms in total. The van der Waals surface area contributed by atoms with Gasteiger partial charge >= 0.3 is 0 Å². The maximum absolute atomic E-state index is 6.12. The second kappa shape index (κ2) is 5.50. The fourth-order valence-electron chi connectivity index (χ4n) is 1.61. The molecule has 0 atom stereocenters. The predicted octanol–water partition coefficient (Wildman–Crippen LogP) is 3.12. The van der Waals surface area contributed by atoms with Crippen LogP contribution in [0.4, 0.5) is 11.6 Å². The largest absolute Gasteiger partial charge is 0.388 e. The van der Waals surface area contributed by atoms with Gasteiger partial charge in [-0.05, 0) is 37.6 Å². The van der Waals surface area contributed by atoms with E-state index in [4.69, 9.17) is 29.6 Å². The summed E-state index contributed by atoms with van der Waals surface area (Å²) in [5, 5.41) is 3.68. The number of rotatable bonds is 3. The van der Waals surface area contributed by atoms with Crippen molar-refractivity contribution in [2.75, 3.05) is 5.32 Å². The molecule has 1 aromatic carbocycles. The maximum atomic E-state index is 6.12. The monoisotopic (exact) mass is 292 g/mol. The smallest absolute Gasteiger partial charge is 0.228 e. The molecule has 0 saturated heterocycles. The van der Waals surface area contributed by atoms with E-state index in [-0.39, 0.29) is 4.99 Å². The standard InChI is InChI=1S/C13H13ClN4S/c1-7-3-4-9(14)10(5-7)17-13-16-8(2)6-11(18-13)12(15)19/h3-6H,1-2H3,(H2,15,19)(H,16,17,18). The lowest BCUT2D eigenvalue weighted by atomic mass is 10.2. The summed E-state index contributed by atoms with van der Waals surface area (Å²) in [5.74, 6) is 0.426. The molecule has 0 aliphatic rings. The first-order valence-electron chi connectivity index (χ1n) is 5.64. The summed E-state index contributed by atoms with van der Waals surface area (Å²) in [7, 11) is 0. The van der Waals surface area contributed by atoms with E-state index in [1.807, 2.05) is 32.0 Å². The Hall–Kier alpha value is -1.72. The summed E-state index contributed by atoms with van der Waals surface area (Å²) in [4.78, 5) is 8.78. The highest BCUT2D eigenvalue weighted by atomic mass is 35.5. The van der Waals surface area contributed by atoms with E-state index in [1.165, 1.54) is 0 Å². The summed E-state index contributed by atoms with van der Waals surface area (Å²) in [5.41, 5.74) is 8.75. The molecule has 1 aromatic heterocycles. The Balaban J connectivity index is 2.38. The maximum Gasteiger partial charge on any atom is 0.228 e. The van der Waals surface area contributed by atoms with Gasteiger partial charge in [-0.15, -0.1) is 0 Å². The molecule has 0 unspecified atom stereocenters. The van der Waals surface area contributed by atoms with Crippen LogP contribution in [0, 0.1) is 13.8 Å². The molecule has 0 saturated carbocycles. The highest BCUT2D eigenvalue weighted by molar-refractivity contribution is 7.80. The number of halogens is 1. The number of benzene rings is 1. The van der Waals surface area contributed by atoms with Crippen LogP contribution in [0.25, 0.3) is 0 Å². The third-order valence-electron chi connectivity index (χ3n) is 2.48. The predicted molar refractivity (Wildman–Crippen MR) is 82.1 cm³/mol. The highest BCUT2D eigenvalue weighted by Gasteiger charge is 2.07. The minimum atomic E-state index is 0.240. The first kappa shape index (κ1) is 13.7. The van der Waals surface area contributed by atoms with Gasteiger partial charge < -0.3 is 11.1 Å². The van der Waals surface area contributed by atoms with E-state index in [2.05, 4.69) is 15.3 Å². The Morgan fingerprint density at radius 1 is 1.26 bits per heavy atom. The SMILES string of the molecule is Cc1ccc(Cl)c(Nc2nc(C)cc(C(N)=S)n2)c1. The lowest BCUT2D eigenvalue weighted by Gasteiger charge is -2.09. The van der Waals surface area contributed by atoms with Crippen molar-refractivity contribution < 1.29 is 0 Å². The van der Waals surface area contributed by atoms with Gasteiger partial charge in [-0.2, -0.15) is 0 Å². The number of anilines is 2. The van der Waals surface area contributed by atoms with Gasteiger partial charge in [-0.25, -0.2) is 9.97 Å². The topological polar surface area (TPSA) is 63.8 Å². The number of thiocarbonyl (C=S) groups is 1. The normalized spacial score (nSPS) is 10.3. The van der Waals surface area contributed by atoms with Gasteiger partial charge in [0.2, 0.25) is 5.95 Å². The minimum absolute atomic E-state index is 0.240. The number of aromatic nitrogens is 2. The molecule has 19 heavy (non-hydrogen) atoms. The van der Waals surface area contributed by atoms with Crippen LogP contribution >= 0.6 is 23.8 Å². The molecular formula is C13H13ClN4S. The van der Waals surface area contributed by atoms with Crippen LogP contribution < -0.4 is 11.1 Å². The Morgan fingerprint density at radius 2 is 2.00 bits per heavy atom. The average Bonchev–Trinajstić information content (AvgIpc) is 2.33. The highest BCUT2D eigenvalue weighted by Crippen LogP contribution is 2.25. The van der Waals surface area contributed by atoms with Crippen LogP contribution in [0.5, 0.6) is 0 Å². The van der Waals surface area contributed by atoms with Gasteiger partial charge in [-0.3, -0.25) is 0 Å². The summed E-state index contributed by atoms with van der Waals surface area (Å²) < 4.78 is 0. The fraction of sp³-hybridized carbons (Fsp3) is 0.154. The molecule has 0 bridgehead atoms. The van der Waals surface area contributed by atoms with Crippen molar-refractivity contribution in [3.05, 3.63) is 46.2 Å². The number of nitrogens with one attached hydrogen (secondary N) is 1. The van der Waals surface area contributed by atoms with Crippen molar-refractivity contribution in [3.63, 3.8) is 0 Å². The minimum Gasteiger partial charge on any atom is -0.388 e. The number of hydrogen-bond donors (Lipinski definition) is 2. The van der Waals surface area contributed by atoms with E-state index in [0.717, 1.165) is 16.9 Å². The van der Waals surface area contributed by atoms with Gasteiger partial charge in [0.15, 0.2) is 0 Å². The Kier molecular flexibility index (Phi) is 3.97. The molecular weight excluding hydrogens is 280 g/mol. The molecule has 0 radical (unpaired) electrons. The van der Waals surface area contributed by atoms with Crippen molar-refractivity contribution in [1.82, 2.24) is 9.97 Å². The molecule has 0 spiro atoms. The lowest BCUT2D eigenvalue weighted by molar-refractivity contribution is 1.09. The number of nitrogens with zero attached hydrogens (tertiary/aromatic N) is 2. The molecule has 0 aliphatic heterocycles. The molecule has 0 amide bonds. The van der Waals surface area contributed by atoms with E-state index < -0.39 is 0 Å². The first-order chi connectivity index (χ1) is 8.95. The number of hydrogen-bond acceptors (Lipinski definition) is 4. The van der Waals surface area contributed by atoms with Crippen LogP contribution in [0.15, 0.2) is 24.3 Å². The molecule has 98 valence electrons. The zero-order valence-corrected chi connectivity index (χ0v) is 12.1. The molecule has 2 rings (SSSR count). The van der Waals surface area contributed by atoms with Crippen molar-refractivity contribution >= 4 is 40.4 Å². The van der Waals surface area contributed by atoms with E-state index in [1.54, 1.807) is 6.07 Å². The Morgan fingerprint density at radius 3 is 2.68 bits per heavy atom. The van der Waals surface area contributed by atoms with E-state index >= 15 is 0 Å². The zero-order valence-electron chi connectivity index (χ0n) is 10.6. The van der Waals surface area contributed by atoms with Crippen molar-refractivity contribution in [2.45, 2.75) is 13.8 Å². The second-order valence-electron chi connectivity index (χ2n) is 4.19. The number of aryl methyl sites for hydroxylation is 2. The lowest BCUT2D eigenvalue weighted by Crippen LogP contribution is -2.13. The van der Waals surface area contributed by atoms with Crippen LogP contribution in [0.2, 0.25) is 5.02 Å². The Bertz CT molecular complexity index is 643. The molecule has 1 heterocycles. The summed E-state index contributed by atoms with van der Waals surface area (Å²) in [6.07, 6.45) is 0. The van der Waals surface area contributed by atoms with Gasteiger partial charge in [0, 0.05) is 5.69 Å². The van der Waals surface area contributed by atoms with Crippen LogP contribution in [0.1, 0.15) is 17.0 Å². The van der Waals surface area contributed by atoms with Crippen molar-refractivity contribution in [2.24, 2.45) is 5.73 Å². The molecule has 0 aliphatic carbocycles. The third-order valence-corrected chi connectivity index (χ3v) is 3.01. The summed E-state index contributed by atoms with van der Waals surface area (Å²) >= 11 is 11.0. The molecule has 3 N–H and O–H groups in total. The van der Waals surface area contributed by atoms with Gasteiger partial charge in [-0.1, -0.05) is 29.9 Å². The molecule has 6 heteroatoms. The number of nitrogens with two attached hydrogens (primary N) is 1. The quantitative estimate of drug-likeness (QED) is 0.851. The van der Waals surface area contributed by atoms with Crippen LogP contribution in [0.3, 0.4) is 0 Å². The van der Waals surface area contributed by atoms with E-state index in [0.29, 0.717) is 16.7 Å². The van der Waals surface area contributed by atoms with Crippen molar-refractivity contribution in [1.29, 1.82) is 0 Å². The summed E-state index contributed by atoms with van der Waals surface area (Å²) in [6.45, 7) is 3.84. The van der Waals surface area contributed by atoms with Crippen LogP contribution in [-0.2, 0) is 0 Å². The molecule has 0 fully saturated rings. The van der Waals surface area contributed by atoms with Gasteiger partial charge in [0.25, 0.3) is 0 Å². The molecule has 2 aromatic rings. The summed E-state index contributed by atoms with van der Waals surface area (Å²) in [6, 6.07) is 7.42.